The smallest absolute Gasteiger partial charge is 0.295 e. The van der Waals surface area contributed by atoms with Gasteiger partial charge >= 0.3 is 0 Å². The number of hydrogen-bond donors (Lipinski definition) is 1. The SMILES string of the molecule is COc1ccccc1-c1cc(C(=O)N=C2C=CC3C(=C2)NC(=O)C(C)=C3C)n(C)n1. The first-order chi connectivity index (χ1) is 14.4. The molecule has 2 heterocycles. The molecule has 1 aromatic heterocycles. The van der Waals surface area contributed by atoms with Gasteiger partial charge in [0.1, 0.15) is 11.4 Å². The Morgan fingerprint density at radius 1 is 1.27 bits per heavy atom. The highest BCUT2D eigenvalue weighted by molar-refractivity contribution is 6.14. The third-order valence-electron chi connectivity index (χ3n) is 5.47. The average molecular weight is 402 g/mol. The van der Waals surface area contributed by atoms with Crippen molar-refractivity contribution in [2.45, 2.75) is 13.8 Å². The number of allylic oxidation sites excluding steroid dienone is 3. The summed E-state index contributed by atoms with van der Waals surface area (Å²) in [6.07, 6.45) is 5.50. The van der Waals surface area contributed by atoms with E-state index in [1.807, 2.05) is 44.2 Å². The molecule has 7 heteroatoms. The number of rotatable bonds is 3. The maximum absolute atomic E-state index is 12.8. The lowest BCUT2D eigenvalue weighted by atomic mass is 9.85. The Labute approximate surface area is 174 Å². The van der Waals surface area contributed by atoms with Gasteiger partial charge in [0.2, 0.25) is 0 Å². The Kier molecular flexibility index (Phi) is 4.95. The summed E-state index contributed by atoms with van der Waals surface area (Å²) in [7, 11) is 3.30. The number of hydrogen-bond acceptors (Lipinski definition) is 4. The number of methoxy groups -OCH3 is 1. The highest BCUT2D eigenvalue weighted by Crippen LogP contribution is 2.31. The Hall–Kier alpha value is -3.74. The Balaban J connectivity index is 1.63. The zero-order valence-corrected chi connectivity index (χ0v) is 17.3. The van der Waals surface area contributed by atoms with E-state index in [0.717, 1.165) is 22.4 Å². The van der Waals surface area contributed by atoms with Crippen molar-refractivity contribution in [3.05, 3.63) is 71.1 Å². The number of nitrogens with one attached hydrogen (secondary N) is 1. The fraction of sp³-hybridized carbons (Fsp3) is 0.217. The quantitative estimate of drug-likeness (QED) is 0.854. The van der Waals surface area contributed by atoms with E-state index in [2.05, 4.69) is 15.4 Å². The number of aromatic nitrogens is 2. The molecule has 1 aliphatic heterocycles. The molecule has 0 saturated heterocycles. The lowest BCUT2D eigenvalue weighted by Crippen LogP contribution is -2.35. The van der Waals surface area contributed by atoms with E-state index < -0.39 is 5.91 Å². The van der Waals surface area contributed by atoms with Crippen LogP contribution in [0.25, 0.3) is 11.3 Å². The molecule has 2 aliphatic rings. The van der Waals surface area contributed by atoms with Gasteiger partial charge in [0.05, 0.1) is 18.5 Å². The maximum atomic E-state index is 12.8. The lowest BCUT2D eigenvalue weighted by Gasteiger charge is -2.28. The van der Waals surface area contributed by atoms with Gasteiger partial charge in [0.25, 0.3) is 11.8 Å². The molecule has 0 spiro atoms. The van der Waals surface area contributed by atoms with E-state index in [-0.39, 0.29) is 11.8 Å². The van der Waals surface area contributed by atoms with Crippen molar-refractivity contribution in [2.24, 2.45) is 18.0 Å². The van der Waals surface area contributed by atoms with E-state index in [4.69, 9.17) is 4.74 Å². The van der Waals surface area contributed by atoms with Gasteiger partial charge < -0.3 is 10.1 Å². The number of carbonyl (C=O) groups is 2. The van der Waals surface area contributed by atoms with Crippen LogP contribution in [0.4, 0.5) is 0 Å². The van der Waals surface area contributed by atoms with Crippen LogP contribution in [-0.4, -0.2) is 34.4 Å². The second kappa shape index (κ2) is 7.59. The van der Waals surface area contributed by atoms with Gasteiger partial charge in [-0.3, -0.25) is 14.3 Å². The van der Waals surface area contributed by atoms with Crippen LogP contribution in [0.3, 0.4) is 0 Å². The molecule has 1 aliphatic carbocycles. The number of nitrogens with zero attached hydrogens (tertiary/aromatic N) is 3. The molecule has 0 fully saturated rings. The average Bonchev–Trinajstić information content (AvgIpc) is 3.13. The minimum Gasteiger partial charge on any atom is -0.496 e. The number of carbonyl (C=O) groups excluding carboxylic acids is 2. The van der Waals surface area contributed by atoms with E-state index >= 15 is 0 Å². The predicted octanol–water partition coefficient (Wildman–Crippen LogP) is 3.21. The van der Waals surface area contributed by atoms with Crippen LogP contribution in [0.5, 0.6) is 5.75 Å². The zero-order valence-electron chi connectivity index (χ0n) is 17.3. The molecule has 4 rings (SSSR count). The molecule has 7 nitrogen and oxygen atoms in total. The topological polar surface area (TPSA) is 85.6 Å². The normalized spacial score (nSPS) is 19.5. The number of aryl methyl sites for hydroxylation is 1. The highest BCUT2D eigenvalue weighted by atomic mass is 16.5. The van der Waals surface area contributed by atoms with E-state index in [1.54, 1.807) is 32.4 Å². The van der Waals surface area contributed by atoms with Crippen LogP contribution in [0, 0.1) is 5.92 Å². The summed E-state index contributed by atoms with van der Waals surface area (Å²) in [4.78, 5) is 29.1. The van der Waals surface area contributed by atoms with Gasteiger partial charge in [-0.15, -0.1) is 0 Å². The van der Waals surface area contributed by atoms with Crippen LogP contribution < -0.4 is 10.1 Å². The van der Waals surface area contributed by atoms with Crippen LogP contribution in [0.15, 0.2) is 70.4 Å². The third-order valence-corrected chi connectivity index (χ3v) is 5.47. The first-order valence-electron chi connectivity index (χ1n) is 9.58. The van der Waals surface area contributed by atoms with E-state index in [1.165, 1.54) is 4.68 Å². The molecule has 1 atom stereocenters. The number of fused-ring (bicyclic) bond motifs is 1. The van der Waals surface area contributed by atoms with Crippen LogP contribution in [-0.2, 0) is 11.8 Å². The summed E-state index contributed by atoms with van der Waals surface area (Å²) in [6, 6.07) is 9.20. The molecule has 2 aromatic rings. The van der Waals surface area contributed by atoms with Crippen molar-refractivity contribution in [3.8, 4) is 17.0 Å². The van der Waals surface area contributed by atoms with Crippen LogP contribution in [0.1, 0.15) is 24.3 Å². The van der Waals surface area contributed by atoms with Crippen molar-refractivity contribution in [1.82, 2.24) is 15.1 Å². The van der Waals surface area contributed by atoms with Gasteiger partial charge in [-0.05, 0) is 44.2 Å². The molecule has 30 heavy (non-hydrogen) atoms. The number of amides is 2. The monoisotopic (exact) mass is 402 g/mol. The van der Waals surface area contributed by atoms with Gasteiger partial charge in [0.15, 0.2) is 0 Å². The fourth-order valence-electron chi connectivity index (χ4n) is 3.62. The van der Waals surface area contributed by atoms with E-state index in [9.17, 15) is 9.59 Å². The van der Waals surface area contributed by atoms with E-state index in [0.29, 0.717) is 22.8 Å². The summed E-state index contributed by atoms with van der Waals surface area (Å²) in [5.41, 5.74) is 4.73. The van der Waals surface area contributed by atoms with Crippen LogP contribution in [0.2, 0.25) is 0 Å². The predicted molar refractivity (Wildman–Crippen MR) is 114 cm³/mol. The second-order valence-corrected chi connectivity index (χ2v) is 7.28. The molecule has 0 saturated carbocycles. The molecular weight excluding hydrogens is 380 g/mol. The highest BCUT2D eigenvalue weighted by Gasteiger charge is 2.27. The summed E-state index contributed by atoms with van der Waals surface area (Å²) in [5.74, 6) is 0.153. The Bertz CT molecular complexity index is 1180. The lowest BCUT2D eigenvalue weighted by molar-refractivity contribution is -0.117. The molecule has 1 unspecified atom stereocenters. The number of ether oxygens (including phenoxy) is 1. The largest absolute Gasteiger partial charge is 0.496 e. The van der Waals surface area contributed by atoms with Crippen molar-refractivity contribution in [3.63, 3.8) is 0 Å². The summed E-state index contributed by atoms with van der Waals surface area (Å²) in [6.45, 7) is 3.75. The van der Waals surface area contributed by atoms with Crippen molar-refractivity contribution in [2.75, 3.05) is 7.11 Å². The van der Waals surface area contributed by atoms with Gasteiger partial charge in [-0.1, -0.05) is 23.8 Å². The molecule has 1 N–H and O–H groups in total. The number of benzene rings is 1. The summed E-state index contributed by atoms with van der Waals surface area (Å²) < 4.78 is 6.90. The van der Waals surface area contributed by atoms with Crippen LogP contribution >= 0.6 is 0 Å². The first-order valence-corrected chi connectivity index (χ1v) is 9.58. The minimum absolute atomic E-state index is 0.00519. The standard InChI is InChI=1S/C23H22N4O3/c1-13-14(2)22(28)25-18-11-15(9-10-16(13)18)24-23(29)20-12-19(26-27(20)3)17-7-5-6-8-21(17)30-4/h5-12,16H,1-4H3,(H,25,28). The summed E-state index contributed by atoms with van der Waals surface area (Å²) >= 11 is 0. The molecule has 1 aromatic carbocycles. The van der Waals surface area contributed by atoms with Gasteiger partial charge in [0, 0.05) is 29.8 Å². The Morgan fingerprint density at radius 2 is 2.03 bits per heavy atom. The second-order valence-electron chi connectivity index (χ2n) is 7.28. The van der Waals surface area contributed by atoms with Crippen molar-refractivity contribution in [1.29, 1.82) is 0 Å². The van der Waals surface area contributed by atoms with Gasteiger partial charge in [-0.2, -0.15) is 5.10 Å². The molecule has 2 amide bonds. The van der Waals surface area contributed by atoms with Crippen molar-refractivity contribution >= 4 is 17.5 Å². The third kappa shape index (κ3) is 3.39. The molecule has 152 valence electrons. The maximum Gasteiger partial charge on any atom is 0.295 e. The van der Waals surface area contributed by atoms with Gasteiger partial charge in [-0.25, -0.2) is 4.99 Å². The fourth-order valence-corrected chi connectivity index (χ4v) is 3.62. The Morgan fingerprint density at radius 3 is 2.80 bits per heavy atom. The molecule has 0 radical (unpaired) electrons. The van der Waals surface area contributed by atoms with Crippen molar-refractivity contribution < 1.29 is 14.3 Å². The summed E-state index contributed by atoms with van der Waals surface area (Å²) in [5, 5.41) is 7.33. The molecular formula is C23H22N4O3. The minimum atomic E-state index is -0.410. The molecule has 0 bridgehead atoms. The number of para-hydroxylation sites is 1. The zero-order chi connectivity index (χ0) is 21.4. The first kappa shape index (κ1) is 19.6. The number of aliphatic imine (C=N–C) groups is 1.